The Balaban J connectivity index is 2.16. The molecule has 0 radical (unpaired) electrons. The van der Waals surface area contributed by atoms with Gasteiger partial charge in [0.2, 0.25) is 0 Å². The van der Waals surface area contributed by atoms with Crippen molar-refractivity contribution in [2.45, 2.75) is 37.0 Å². The molecular formula is C21H21Cl2NO4S. The number of aromatic nitrogens is 1. The molecule has 1 heterocycles. The van der Waals surface area contributed by atoms with E-state index in [9.17, 15) is 14.1 Å². The van der Waals surface area contributed by atoms with Crippen molar-refractivity contribution < 1.29 is 18.8 Å². The van der Waals surface area contributed by atoms with E-state index in [1.807, 2.05) is 0 Å². The van der Waals surface area contributed by atoms with Gasteiger partial charge in [-0.3, -0.25) is 4.21 Å². The molecule has 0 saturated heterocycles. The van der Waals surface area contributed by atoms with Gasteiger partial charge < -0.3 is 14.4 Å². The van der Waals surface area contributed by atoms with E-state index in [0.29, 0.717) is 31.5 Å². The Labute approximate surface area is 181 Å². The van der Waals surface area contributed by atoms with Gasteiger partial charge in [0, 0.05) is 23.6 Å². The number of carbonyl (C=O) groups is 1. The molecule has 0 aliphatic rings. The van der Waals surface area contributed by atoms with Crippen LogP contribution in [0.25, 0.3) is 10.9 Å². The molecule has 8 heteroatoms. The molecule has 0 spiro atoms. The standard InChI is InChI=1S/C21H21Cl2NO4S/c1-21(2,3)28-20(26)18-13-10-12(25)8-9-16(13)24(4)17(18)11-29(27)19-14(22)6-5-7-15(19)23/h5-10,25H,11H2,1-4H3. The van der Waals surface area contributed by atoms with Crippen LogP contribution >= 0.6 is 23.2 Å². The fourth-order valence-electron chi connectivity index (χ4n) is 3.11. The molecule has 5 nitrogen and oxygen atoms in total. The van der Waals surface area contributed by atoms with Crippen molar-refractivity contribution in [3.05, 3.63) is 57.7 Å². The summed E-state index contributed by atoms with van der Waals surface area (Å²) in [4.78, 5) is 13.3. The van der Waals surface area contributed by atoms with Crippen LogP contribution in [0.5, 0.6) is 5.75 Å². The number of aromatic hydroxyl groups is 1. The quantitative estimate of drug-likeness (QED) is 0.532. The molecule has 154 valence electrons. The minimum Gasteiger partial charge on any atom is -0.508 e. The van der Waals surface area contributed by atoms with E-state index < -0.39 is 22.4 Å². The van der Waals surface area contributed by atoms with Gasteiger partial charge in [-0.2, -0.15) is 0 Å². The maximum absolute atomic E-state index is 13.1. The third-order valence-electron chi connectivity index (χ3n) is 4.32. The van der Waals surface area contributed by atoms with Crippen LogP contribution in [-0.4, -0.2) is 25.5 Å². The molecule has 0 amide bonds. The van der Waals surface area contributed by atoms with E-state index in [1.165, 1.54) is 12.1 Å². The number of halogens is 2. The number of rotatable bonds is 4. The van der Waals surface area contributed by atoms with Gasteiger partial charge >= 0.3 is 5.97 Å². The maximum Gasteiger partial charge on any atom is 0.341 e. The van der Waals surface area contributed by atoms with Crippen LogP contribution in [0.15, 0.2) is 41.3 Å². The molecule has 0 aliphatic heterocycles. The Hall–Kier alpha value is -2.02. The molecule has 1 N–H and O–H groups in total. The predicted octanol–water partition coefficient (Wildman–Crippen LogP) is 5.45. The average Bonchev–Trinajstić information content (AvgIpc) is 2.84. The van der Waals surface area contributed by atoms with Crippen LogP contribution < -0.4 is 0 Å². The summed E-state index contributed by atoms with van der Waals surface area (Å²) in [5.74, 6) is -0.523. The Bertz CT molecular complexity index is 1110. The van der Waals surface area contributed by atoms with Crippen molar-refractivity contribution in [1.29, 1.82) is 0 Å². The number of benzene rings is 2. The number of esters is 1. The Morgan fingerprint density at radius 1 is 1.17 bits per heavy atom. The summed E-state index contributed by atoms with van der Waals surface area (Å²) in [5, 5.41) is 11.1. The molecule has 0 aliphatic carbocycles. The largest absolute Gasteiger partial charge is 0.508 e. The van der Waals surface area contributed by atoms with Gasteiger partial charge in [-0.25, -0.2) is 4.79 Å². The molecule has 29 heavy (non-hydrogen) atoms. The summed E-state index contributed by atoms with van der Waals surface area (Å²) in [5.41, 5.74) is 0.776. The van der Waals surface area contributed by atoms with Gasteiger partial charge in [-0.15, -0.1) is 0 Å². The molecule has 3 rings (SSSR count). The van der Waals surface area contributed by atoms with Crippen molar-refractivity contribution in [2.24, 2.45) is 7.05 Å². The normalized spacial score (nSPS) is 12.9. The topological polar surface area (TPSA) is 68.5 Å². The third kappa shape index (κ3) is 4.44. The number of nitrogens with zero attached hydrogens (tertiary/aromatic N) is 1. The van der Waals surface area contributed by atoms with Gasteiger partial charge in [0.1, 0.15) is 11.4 Å². The van der Waals surface area contributed by atoms with Crippen LogP contribution in [-0.2, 0) is 28.3 Å². The highest BCUT2D eigenvalue weighted by atomic mass is 35.5. The second-order valence-corrected chi connectivity index (χ2v) is 9.83. The number of hydrogen-bond donors (Lipinski definition) is 1. The van der Waals surface area contributed by atoms with Gasteiger partial charge in [0.25, 0.3) is 0 Å². The van der Waals surface area contributed by atoms with Crippen molar-refractivity contribution >= 4 is 50.9 Å². The Morgan fingerprint density at radius 2 is 1.79 bits per heavy atom. The first-order valence-corrected chi connectivity index (χ1v) is 10.9. The molecular weight excluding hydrogens is 433 g/mol. The number of phenolic OH excluding ortho intramolecular Hbond substituents is 1. The van der Waals surface area contributed by atoms with E-state index >= 15 is 0 Å². The Kier molecular flexibility index (Phi) is 5.99. The van der Waals surface area contributed by atoms with Gasteiger partial charge in [0.15, 0.2) is 0 Å². The smallest absolute Gasteiger partial charge is 0.341 e. The maximum atomic E-state index is 13.1. The zero-order valence-corrected chi connectivity index (χ0v) is 18.8. The highest BCUT2D eigenvalue weighted by Crippen LogP contribution is 2.34. The van der Waals surface area contributed by atoms with Crippen LogP contribution in [0.1, 0.15) is 36.8 Å². The molecule has 0 saturated carbocycles. The van der Waals surface area contributed by atoms with E-state index in [4.69, 9.17) is 27.9 Å². The molecule has 1 atom stereocenters. The van der Waals surface area contributed by atoms with E-state index in [-0.39, 0.29) is 17.1 Å². The van der Waals surface area contributed by atoms with Crippen LogP contribution in [0.3, 0.4) is 0 Å². The first-order valence-electron chi connectivity index (χ1n) is 8.85. The first kappa shape index (κ1) is 21.7. The minimum absolute atomic E-state index is 0.00394. The van der Waals surface area contributed by atoms with Crippen molar-refractivity contribution in [3.63, 3.8) is 0 Å². The third-order valence-corrected chi connectivity index (χ3v) is 6.61. The van der Waals surface area contributed by atoms with Crippen molar-refractivity contribution in [3.8, 4) is 5.75 Å². The average molecular weight is 454 g/mol. The van der Waals surface area contributed by atoms with Gasteiger partial charge in [0.05, 0.1) is 37.1 Å². The number of aryl methyl sites for hydroxylation is 1. The SMILES string of the molecule is Cn1c(CS(=O)c2c(Cl)cccc2Cl)c(C(=O)OC(C)(C)C)c2cc(O)ccc21. The number of phenols is 1. The highest BCUT2D eigenvalue weighted by molar-refractivity contribution is 7.84. The molecule has 3 aromatic rings. The van der Waals surface area contributed by atoms with E-state index in [0.717, 1.165) is 0 Å². The molecule has 2 aromatic carbocycles. The molecule has 1 aromatic heterocycles. The van der Waals surface area contributed by atoms with E-state index in [1.54, 1.807) is 56.7 Å². The lowest BCUT2D eigenvalue weighted by atomic mass is 10.1. The Morgan fingerprint density at radius 3 is 2.38 bits per heavy atom. The highest BCUT2D eigenvalue weighted by Gasteiger charge is 2.28. The number of hydrogen-bond acceptors (Lipinski definition) is 4. The molecule has 0 bridgehead atoms. The number of carbonyl (C=O) groups excluding carboxylic acids is 1. The number of ether oxygens (including phenoxy) is 1. The fourth-order valence-corrected chi connectivity index (χ4v) is 5.32. The monoisotopic (exact) mass is 453 g/mol. The first-order chi connectivity index (χ1) is 13.5. The van der Waals surface area contributed by atoms with Crippen molar-refractivity contribution in [2.75, 3.05) is 0 Å². The zero-order chi connectivity index (χ0) is 21.5. The van der Waals surface area contributed by atoms with Gasteiger partial charge in [-0.05, 0) is 51.1 Å². The molecule has 0 fully saturated rings. The lowest BCUT2D eigenvalue weighted by Crippen LogP contribution is -2.24. The summed E-state index contributed by atoms with van der Waals surface area (Å²) in [6.07, 6.45) is 0. The fraction of sp³-hybridized carbons (Fsp3) is 0.286. The summed E-state index contributed by atoms with van der Waals surface area (Å²) in [6, 6.07) is 9.66. The summed E-state index contributed by atoms with van der Waals surface area (Å²) >= 11 is 12.4. The lowest BCUT2D eigenvalue weighted by Gasteiger charge is -2.20. The van der Waals surface area contributed by atoms with Gasteiger partial charge in [-0.1, -0.05) is 29.3 Å². The van der Waals surface area contributed by atoms with E-state index in [2.05, 4.69) is 0 Å². The van der Waals surface area contributed by atoms with Crippen LogP contribution in [0, 0.1) is 0 Å². The summed E-state index contributed by atoms with van der Waals surface area (Å²) in [6.45, 7) is 5.32. The second kappa shape index (κ2) is 8.01. The zero-order valence-electron chi connectivity index (χ0n) is 16.5. The number of fused-ring (bicyclic) bond motifs is 1. The summed E-state index contributed by atoms with van der Waals surface area (Å²) in [7, 11) is 0.167. The minimum atomic E-state index is -1.60. The predicted molar refractivity (Wildman–Crippen MR) is 116 cm³/mol. The molecule has 1 unspecified atom stereocenters. The second-order valence-electron chi connectivity index (χ2n) is 7.62. The lowest BCUT2D eigenvalue weighted by molar-refractivity contribution is 0.00707. The van der Waals surface area contributed by atoms with Crippen molar-refractivity contribution in [1.82, 2.24) is 4.57 Å². The van der Waals surface area contributed by atoms with Crippen LogP contribution in [0.2, 0.25) is 10.0 Å². The van der Waals surface area contributed by atoms with Crippen LogP contribution in [0.4, 0.5) is 0 Å². The summed E-state index contributed by atoms with van der Waals surface area (Å²) < 4.78 is 20.5.